The van der Waals surface area contributed by atoms with E-state index in [9.17, 15) is 14.6 Å². The lowest BCUT2D eigenvalue weighted by molar-refractivity contribution is 0.0197. The fourth-order valence-electron chi connectivity index (χ4n) is 1.57. The van der Waals surface area contributed by atoms with E-state index < -0.39 is 18.0 Å². The Morgan fingerprint density at radius 3 is 2.69 bits per heavy atom. The quantitative estimate of drug-likeness (QED) is 0.567. The van der Waals surface area contributed by atoms with Crippen LogP contribution in [0, 0.1) is 5.82 Å². The van der Waals surface area contributed by atoms with Crippen LogP contribution in [-0.4, -0.2) is 29.9 Å². The molecule has 2 atom stereocenters. The Bertz CT molecular complexity index is 347. The van der Waals surface area contributed by atoms with Crippen molar-refractivity contribution in [3.63, 3.8) is 0 Å². The van der Waals surface area contributed by atoms with Gasteiger partial charge in [-0.15, -0.1) is 0 Å². The Kier molecular flexibility index (Phi) is 4.82. The van der Waals surface area contributed by atoms with Crippen LogP contribution in [0.2, 0.25) is 0 Å². The van der Waals surface area contributed by atoms with Crippen LogP contribution >= 0.6 is 0 Å². The third-order valence-electron chi connectivity index (χ3n) is 2.42. The standard InChI is InChI=1S/C11H17FN2O2/c1-14-6-10(15)11(16)9-3-2-8(12)4-7(9)5-13/h2-4,10-11,14-16H,5-6,13H2,1H3. The number of hydrogen-bond acceptors (Lipinski definition) is 4. The molecule has 1 rings (SSSR count). The monoisotopic (exact) mass is 228 g/mol. The molecule has 16 heavy (non-hydrogen) atoms. The predicted molar refractivity (Wildman–Crippen MR) is 59.2 cm³/mol. The normalized spacial score (nSPS) is 14.8. The first kappa shape index (κ1) is 13.1. The van der Waals surface area contributed by atoms with Crippen molar-refractivity contribution in [2.24, 2.45) is 5.73 Å². The summed E-state index contributed by atoms with van der Waals surface area (Å²) in [6, 6.07) is 3.95. The van der Waals surface area contributed by atoms with Gasteiger partial charge in [0.1, 0.15) is 11.9 Å². The second-order valence-corrected chi connectivity index (χ2v) is 3.62. The Morgan fingerprint density at radius 1 is 1.44 bits per heavy atom. The van der Waals surface area contributed by atoms with Crippen molar-refractivity contribution in [3.05, 3.63) is 35.1 Å². The summed E-state index contributed by atoms with van der Waals surface area (Å²) in [7, 11) is 1.67. The minimum atomic E-state index is -1.06. The Balaban J connectivity index is 2.93. The van der Waals surface area contributed by atoms with Crippen molar-refractivity contribution in [3.8, 4) is 0 Å². The van der Waals surface area contributed by atoms with Gasteiger partial charge in [-0.1, -0.05) is 6.07 Å². The van der Waals surface area contributed by atoms with Gasteiger partial charge < -0.3 is 21.3 Å². The van der Waals surface area contributed by atoms with Gasteiger partial charge in [0.05, 0.1) is 6.10 Å². The van der Waals surface area contributed by atoms with E-state index in [0.29, 0.717) is 11.1 Å². The topological polar surface area (TPSA) is 78.5 Å². The number of halogens is 1. The fraction of sp³-hybridized carbons (Fsp3) is 0.455. The smallest absolute Gasteiger partial charge is 0.123 e. The van der Waals surface area contributed by atoms with Crippen molar-refractivity contribution >= 4 is 0 Å². The molecule has 0 aromatic heterocycles. The molecule has 5 N–H and O–H groups in total. The number of nitrogens with two attached hydrogens (primary N) is 1. The van der Waals surface area contributed by atoms with Gasteiger partial charge in [0.25, 0.3) is 0 Å². The molecular weight excluding hydrogens is 211 g/mol. The van der Waals surface area contributed by atoms with E-state index in [-0.39, 0.29) is 13.1 Å². The molecule has 0 amide bonds. The van der Waals surface area contributed by atoms with E-state index in [1.807, 2.05) is 0 Å². The number of rotatable bonds is 5. The van der Waals surface area contributed by atoms with E-state index in [0.717, 1.165) is 0 Å². The van der Waals surface area contributed by atoms with Gasteiger partial charge in [0.2, 0.25) is 0 Å². The number of aliphatic hydroxyl groups is 2. The predicted octanol–water partition coefficient (Wildman–Crippen LogP) is -0.102. The van der Waals surface area contributed by atoms with Gasteiger partial charge in [0, 0.05) is 13.1 Å². The van der Waals surface area contributed by atoms with Crippen molar-refractivity contribution in [1.29, 1.82) is 0 Å². The van der Waals surface area contributed by atoms with Crippen molar-refractivity contribution in [2.75, 3.05) is 13.6 Å². The minimum Gasteiger partial charge on any atom is -0.389 e. The van der Waals surface area contributed by atoms with Gasteiger partial charge in [-0.05, 0) is 30.3 Å². The van der Waals surface area contributed by atoms with Crippen LogP contribution in [0.4, 0.5) is 4.39 Å². The van der Waals surface area contributed by atoms with Crippen LogP contribution < -0.4 is 11.1 Å². The number of nitrogens with one attached hydrogen (secondary N) is 1. The van der Waals surface area contributed by atoms with E-state index in [1.54, 1.807) is 7.05 Å². The number of likely N-dealkylation sites (N-methyl/N-ethyl adjacent to an activating group) is 1. The highest BCUT2D eigenvalue weighted by molar-refractivity contribution is 5.30. The highest BCUT2D eigenvalue weighted by Gasteiger charge is 2.20. The molecule has 0 saturated carbocycles. The van der Waals surface area contributed by atoms with Gasteiger partial charge in [-0.3, -0.25) is 0 Å². The summed E-state index contributed by atoms with van der Waals surface area (Å²) in [5, 5.41) is 22.2. The summed E-state index contributed by atoms with van der Waals surface area (Å²) in [5.41, 5.74) is 6.42. The zero-order valence-corrected chi connectivity index (χ0v) is 9.15. The van der Waals surface area contributed by atoms with Crippen LogP contribution in [-0.2, 0) is 6.54 Å². The van der Waals surface area contributed by atoms with Crippen molar-refractivity contribution in [1.82, 2.24) is 5.32 Å². The Morgan fingerprint density at radius 2 is 2.12 bits per heavy atom. The van der Waals surface area contributed by atoms with Crippen molar-refractivity contribution in [2.45, 2.75) is 18.8 Å². The average Bonchev–Trinajstić information content (AvgIpc) is 2.28. The van der Waals surface area contributed by atoms with Gasteiger partial charge >= 0.3 is 0 Å². The lowest BCUT2D eigenvalue weighted by Crippen LogP contribution is -2.30. The number of benzene rings is 1. The molecule has 0 heterocycles. The van der Waals surface area contributed by atoms with E-state index in [1.165, 1.54) is 18.2 Å². The maximum atomic E-state index is 12.9. The summed E-state index contributed by atoms with van der Waals surface area (Å²) < 4.78 is 12.9. The molecule has 0 aliphatic carbocycles. The minimum absolute atomic E-state index is 0.121. The summed E-state index contributed by atoms with van der Waals surface area (Å²) in [6.07, 6.45) is -2.01. The maximum absolute atomic E-state index is 12.9. The molecule has 2 unspecified atom stereocenters. The molecule has 0 saturated heterocycles. The van der Waals surface area contributed by atoms with Gasteiger partial charge in [-0.2, -0.15) is 0 Å². The molecule has 0 bridgehead atoms. The molecular formula is C11H17FN2O2. The molecule has 0 aliphatic heterocycles. The largest absolute Gasteiger partial charge is 0.389 e. The summed E-state index contributed by atoms with van der Waals surface area (Å²) in [6.45, 7) is 0.374. The van der Waals surface area contributed by atoms with E-state index >= 15 is 0 Å². The Hall–Kier alpha value is -1.01. The molecule has 0 radical (unpaired) electrons. The number of aliphatic hydroxyl groups excluding tert-OH is 2. The second kappa shape index (κ2) is 5.91. The highest BCUT2D eigenvalue weighted by Crippen LogP contribution is 2.21. The molecule has 90 valence electrons. The van der Waals surface area contributed by atoms with Crippen molar-refractivity contribution < 1.29 is 14.6 Å². The van der Waals surface area contributed by atoms with E-state index in [4.69, 9.17) is 5.73 Å². The van der Waals surface area contributed by atoms with Crippen LogP contribution in [0.1, 0.15) is 17.2 Å². The van der Waals surface area contributed by atoms with Gasteiger partial charge in [0.15, 0.2) is 0 Å². The van der Waals surface area contributed by atoms with Crippen LogP contribution in [0.5, 0.6) is 0 Å². The zero-order valence-electron chi connectivity index (χ0n) is 9.15. The third kappa shape index (κ3) is 2.99. The van der Waals surface area contributed by atoms with Crippen LogP contribution in [0.3, 0.4) is 0 Å². The van der Waals surface area contributed by atoms with E-state index in [2.05, 4.69) is 5.32 Å². The third-order valence-corrected chi connectivity index (χ3v) is 2.42. The maximum Gasteiger partial charge on any atom is 0.123 e. The van der Waals surface area contributed by atoms with Crippen LogP contribution in [0.15, 0.2) is 18.2 Å². The Labute approximate surface area is 93.9 Å². The molecule has 5 heteroatoms. The summed E-state index contributed by atoms with van der Waals surface area (Å²) in [4.78, 5) is 0. The lowest BCUT2D eigenvalue weighted by Gasteiger charge is -2.20. The second-order valence-electron chi connectivity index (χ2n) is 3.62. The zero-order chi connectivity index (χ0) is 12.1. The lowest BCUT2D eigenvalue weighted by atomic mass is 9.98. The summed E-state index contributed by atoms with van der Waals surface area (Å²) >= 11 is 0. The van der Waals surface area contributed by atoms with Gasteiger partial charge in [-0.25, -0.2) is 4.39 Å². The SMILES string of the molecule is CNCC(O)C(O)c1ccc(F)cc1CN. The molecule has 1 aromatic carbocycles. The first-order valence-corrected chi connectivity index (χ1v) is 5.09. The molecule has 0 fully saturated rings. The molecule has 0 spiro atoms. The average molecular weight is 228 g/mol. The fourth-order valence-corrected chi connectivity index (χ4v) is 1.57. The summed E-state index contributed by atoms with van der Waals surface area (Å²) in [5.74, 6) is -0.403. The first-order chi connectivity index (χ1) is 7.60. The first-order valence-electron chi connectivity index (χ1n) is 5.09. The van der Waals surface area contributed by atoms with Crippen LogP contribution in [0.25, 0.3) is 0 Å². The highest BCUT2D eigenvalue weighted by atomic mass is 19.1. The number of hydrogen-bond donors (Lipinski definition) is 4. The molecule has 4 nitrogen and oxygen atoms in total. The molecule has 1 aromatic rings. The molecule has 0 aliphatic rings.